The summed E-state index contributed by atoms with van der Waals surface area (Å²) < 4.78 is 28.9. The number of nitrogens with one attached hydrogen (secondary N) is 1. The van der Waals surface area contributed by atoms with Gasteiger partial charge in [0.1, 0.15) is 0 Å². The van der Waals surface area contributed by atoms with Crippen LogP contribution in [0.5, 0.6) is 11.5 Å². The predicted molar refractivity (Wildman–Crippen MR) is 83.8 cm³/mol. The minimum atomic E-state index is -3.71. The van der Waals surface area contributed by atoms with E-state index >= 15 is 0 Å². The fourth-order valence-corrected chi connectivity index (χ4v) is 2.52. The zero-order chi connectivity index (χ0) is 16.2. The molecule has 2 N–H and O–H groups in total. The number of aryl methyl sites for hydroxylation is 1. The highest BCUT2D eigenvalue weighted by atomic mass is 32.2. The molecule has 0 atom stereocenters. The molecule has 0 radical (unpaired) electrons. The third-order valence-electron chi connectivity index (χ3n) is 2.92. The van der Waals surface area contributed by atoms with Crippen LogP contribution in [0, 0.1) is 6.92 Å². The number of hydrogen-bond acceptors (Lipinski definition) is 5. The van der Waals surface area contributed by atoms with Gasteiger partial charge >= 0.3 is 0 Å². The minimum Gasteiger partial charge on any atom is -0.504 e. The second kappa shape index (κ2) is 6.48. The molecular weight excluding hydrogens is 304 g/mol. The number of methoxy groups -OCH3 is 1. The van der Waals surface area contributed by atoms with Crippen molar-refractivity contribution in [2.24, 2.45) is 5.10 Å². The molecule has 0 aliphatic heterocycles. The lowest BCUT2D eigenvalue weighted by Crippen LogP contribution is -2.18. The Bertz CT molecular complexity index is 784. The van der Waals surface area contributed by atoms with Crippen molar-refractivity contribution in [3.05, 3.63) is 53.6 Å². The summed E-state index contributed by atoms with van der Waals surface area (Å²) in [7, 11) is -2.26. The average molecular weight is 320 g/mol. The standard InChI is InChI=1S/C15H16N2O4S/c1-11-3-6-13(7-4-11)22(19,20)17-16-10-12-5-8-15(21-2)14(18)9-12/h3-10,17-18H,1-2H3. The minimum absolute atomic E-state index is 0.0483. The van der Waals surface area contributed by atoms with Gasteiger partial charge in [0, 0.05) is 0 Å². The molecule has 7 heteroatoms. The maximum atomic E-state index is 12.0. The number of benzene rings is 2. The van der Waals surface area contributed by atoms with Gasteiger partial charge in [-0.05, 0) is 42.8 Å². The largest absolute Gasteiger partial charge is 0.504 e. The Hall–Kier alpha value is -2.54. The van der Waals surface area contributed by atoms with Crippen LogP contribution in [0.1, 0.15) is 11.1 Å². The summed E-state index contributed by atoms with van der Waals surface area (Å²) >= 11 is 0. The van der Waals surface area contributed by atoms with Crippen molar-refractivity contribution in [1.82, 2.24) is 4.83 Å². The summed E-state index contributed by atoms with van der Waals surface area (Å²) in [6.45, 7) is 1.87. The van der Waals surface area contributed by atoms with Crippen molar-refractivity contribution >= 4 is 16.2 Å². The molecular formula is C15H16N2O4S. The first kappa shape index (κ1) is 15.8. The average Bonchev–Trinajstić information content (AvgIpc) is 2.48. The summed E-state index contributed by atoms with van der Waals surface area (Å²) in [5.41, 5.74) is 1.50. The second-order valence-electron chi connectivity index (χ2n) is 4.60. The second-order valence-corrected chi connectivity index (χ2v) is 6.26. The number of nitrogens with zero attached hydrogens (tertiary/aromatic N) is 1. The van der Waals surface area contributed by atoms with Crippen LogP contribution in [-0.2, 0) is 10.0 Å². The third kappa shape index (κ3) is 3.76. The van der Waals surface area contributed by atoms with Gasteiger partial charge in [0.15, 0.2) is 11.5 Å². The van der Waals surface area contributed by atoms with E-state index in [2.05, 4.69) is 9.93 Å². The summed E-state index contributed by atoms with van der Waals surface area (Å²) in [4.78, 5) is 2.25. The molecule has 6 nitrogen and oxygen atoms in total. The third-order valence-corrected chi connectivity index (χ3v) is 4.16. The smallest absolute Gasteiger partial charge is 0.276 e. The quantitative estimate of drug-likeness (QED) is 0.652. The highest BCUT2D eigenvalue weighted by Gasteiger charge is 2.11. The number of phenolic OH excluding ortho intramolecular Hbond substituents is 1. The lowest BCUT2D eigenvalue weighted by atomic mass is 10.2. The van der Waals surface area contributed by atoms with E-state index in [0.717, 1.165) is 5.56 Å². The lowest BCUT2D eigenvalue weighted by Gasteiger charge is -2.04. The summed E-state index contributed by atoms with van der Waals surface area (Å²) in [5.74, 6) is 0.283. The van der Waals surface area contributed by atoms with Crippen molar-refractivity contribution in [3.63, 3.8) is 0 Å². The fraction of sp³-hybridized carbons (Fsp3) is 0.133. The maximum Gasteiger partial charge on any atom is 0.276 e. The van der Waals surface area contributed by atoms with Crippen LogP contribution in [0.15, 0.2) is 52.5 Å². The van der Waals surface area contributed by atoms with Gasteiger partial charge in [-0.2, -0.15) is 13.5 Å². The lowest BCUT2D eigenvalue weighted by molar-refractivity contribution is 0.373. The van der Waals surface area contributed by atoms with Crippen LogP contribution in [0.25, 0.3) is 0 Å². The summed E-state index contributed by atoms with van der Waals surface area (Å²) in [5, 5.41) is 13.3. The molecule has 0 aromatic heterocycles. The molecule has 0 fully saturated rings. The molecule has 0 aliphatic carbocycles. The van der Waals surface area contributed by atoms with Crippen molar-refractivity contribution in [3.8, 4) is 11.5 Å². The molecule has 0 amide bonds. The van der Waals surface area contributed by atoms with Gasteiger partial charge in [-0.25, -0.2) is 4.83 Å². The molecule has 0 aliphatic rings. The molecule has 2 aromatic carbocycles. The van der Waals surface area contributed by atoms with E-state index < -0.39 is 10.0 Å². The number of hydrazone groups is 1. The van der Waals surface area contributed by atoms with Gasteiger partial charge in [-0.15, -0.1) is 0 Å². The van der Waals surface area contributed by atoms with Gasteiger partial charge < -0.3 is 9.84 Å². The predicted octanol–water partition coefficient (Wildman–Crippen LogP) is 2.02. The number of sulfonamides is 1. The SMILES string of the molecule is COc1ccc(C=NNS(=O)(=O)c2ccc(C)cc2)cc1O. The van der Waals surface area contributed by atoms with E-state index in [-0.39, 0.29) is 10.6 Å². The van der Waals surface area contributed by atoms with E-state index in [9.17, 15) is 13.5 Å². The Labute approximate surface area is 129 Å². The van der Waals surface area contributed by atoms with Crippen LogP contribution in [0.3, 0.4) is 0 Å². The Balaban J connectivity index is 2.11. The molecule has 2 aromatic rings. The molecule has 0 heterocycles. The zero-order valence-corrected chi connectivity index (χ0v) is 13.0. The monoisotopic (exact) mass is 320 g/mol. The normalized spacial score (nSPS) is 11.5. The van der Waals surface area contributed by atoms with Crippen LogP contribution < -0.4 is 9.57 Å². The van der Waals surface area contributed by atoms with Gasteiger partial charge in [0.05, 0.1) is 18.2 Å². The first-order valence-electron chi connectivity index (χ1n) is 6.41. The summed E-state index contributed by atoms with van der Waals surface area (Å²) in [6, 6.07) is 11.0. The van der Waals surface area contributed by atoms with Gasteiger partial charge in [0.2, 0.25) is 0 Å². The Kier molecular flexibility index (Phi) is 4.67. The number of phenols is 1. The van der Waals surface area contributed by atoms with Crippen LogP contribution in [0.4, 0.5) is 0 Å². The molecule has 22 heavy (non-hydrogen) atoms. The molecule has 0 bridgehead atoms. The van der Waals surface area contributed by atoms with E-state index in [0.29, 0.717) is 11.3 Å². The topological polar surface area (TPSA) is 88.0 Å². The number of aromatic hydroxyl groups is 1. The van der Waals surface area contributed by atoms with E-state index in [1.54, 1.807) is 24.3 Å². The van der Waals surface area contributed by atoms with E-state index in [1.807, 2.05) is 6.92 Å². The zero-order valence-electron chi connectivity index (χ0n) is 12.1. The molecule has 2 rings (SSSR count). The Morgan fingerprint density at radius 3 is 2.45 bits per heavy atom. The van der Waals surface area contributed by atoms with Gasteiger partial charge in [-0.1, -0.05) is 17.7 Å². The number of rotatable bonds is 5. The van der Waals surface area contributed by atoms with Crippen LogP contribution in [-0.4, -0.2) is 26.8 Å². The van der Waals surface area contributed by atoms with Crippen molar-refractivity contribution < 1.29 is 18.3 Å². The first-order chi connectivity index (χ1) is 10.4. The van der Waals surface area contributed by atoms with Crippen molar-refractivity contribution in [1.29, 1.82) is 0 Å². The van der Waals surface area contributed by atoms with E-state index in [1.165, 1.54) is 31.5 Å². The van der Waals surface area contributed by atoms with Gasteiger partial charge in [0.25, 0.3) is 10.0 Å². The molecule has 116 valence electrons. The first-order valence-corrected chi connectivity index (χ1v) is 7.89. The Morgan fingerprint density at radius 1 is 1.18 bits per heavy atom. The fourth-order valence-electron chi connectivity index (χ4n) is 1.73. The van der Waals surface area contributed by atoms with E-state index in [4.69, 9.17) is 4.74 Å². The molecule has 0 unspecified atom stereocenters. The molecule has 0 saturated heterocycles. The van der Waals surface area contributed by atoms with Crippen LogP contribution in [0.2, 0.25) is 0 Å². The maximum absolute atomic E-state index is 12.0. The molecule has 0 saturated carbocycles. The van der Waals surface area contributed by atoms with Crippen molar-refractivity contribution in [2.45, 2.75) is 11.8 Å². The highest BCUT2D eigenvalue weighted by molar-refractivity contribution is 7.89. The highest BCUT2D eigenvalue weighted by Crippen LogP contribution is 2.25. The van der Waals surface area contributed by atoms with Crippen LogP contribution >= 0.6 is 0 Å². The van der Waals surface area contributed by atoms with Gasteiger partial charge in [-0.3, -0.25) is 0 Å². The number of hydrogen-bond donors (Lipinski definition) is 2. The summed E-state index contributed by atoms with van der Waals surface area (Å²) in [6.07, 6.45) is 1.30. The number of ether oxygens (including phenoxy) is 1. The van der Waals surface area contributed by atoms with Crippen molar-refractivity contribution in [2.75, 3.05) is 7.11 Å². The Morgan fingerprint density at radius 2 is 1.86 bits per heavy atom. The molecule has 0 spiro atoms.